The first-order valence-corrected chi connectivity index (χ1v) is 14.1. The topological polar surface area (TPSA) is 93.1 Å². The molecule has 6 nitrogen and oxygen atoms in total. The van der Waals surface area contributed by atoms with E-state index in [1.165, 1.54) is 0 Å². The zero-order valence-electron chi connectivity index (χ0n) is 26.3. The third-order valence-corrected chi connectivity index (χ3v) is 3.33. The molecule has 2 N–H and O–H groups in total. The number of rotatable bonds is 2. The van der Waals surface area contributed by atoms with Crippen LogP contribution in [0.2, 0.25) is 0 Å². The van der Waals surface area contributed by atoms with E-state index in [-0.39, 0.29) is 42.1 Å². The molecule has 0 atom stereocenters. The van der Waals surface area contributed by atoms with Crippen LogP contribution in [0.4, 0.5) is 9.59 Å². The summed E-state index contributed by atoms with van der Waals surface area (Å²) in [5.74, 6) is 1.44. The number of halogens is 2. The van der Waals surface area contributed by atoms with E-state index in [0.29, 0.717) is 23.0 Å². The average Bonchev–Trinajstić information content (AvgIpc) is 3.03. The number of ether oxygens (including phenoxy) is 2. The molecule has 4 aromatic carbocycles. The molecule has 240 valence electrons. The van der Waals surface area contributed by atoms with E-state index in [9.17, 15) is 9.59 Å². The Balaban J connectivity index is -0.000000101. The second-order valence-corrected chi connectivity index (χ2v) is 6.28. The minimum atomic E-state index is -0.828. The number of carbonyl (C=O) groups excluding carboxylic acids is 2. The second kappa shape index (κ2) is 44.8. The Morgan fingerprint density at radius 3 is 0.795 bits per heavy atom. The Kier molecular flexibility index (Phi) is 54.9. The van der Waals surface area contributed by atoms with Crippen LogP contribution in [0.1, 0.15) is 55.4 Å². The van der Waals surface area contributed by atoms with Crippen LogP contribution in [0.3, 0.4) is 0 Å². The van der Waals surface area contributed by atoms with E-state index < -0.39 is 10.9 Å². The van der Waals surface area contributed by atoms with E-state index in [1.54, 1.807) is 97.1 Å². The van der Waals surface area contributed by atoms with Crippen molar-refractivity contribution in [2.24, 2.45) is 0 Å². The van der Waals surface area contributed by atoms with Gasteiger partial charge in [0.25, 0.3) is 0 Å². The Hall–Kier alpha value is -2.62. The van der Waals surface area contributed by atoms with Gasteiger partial charge >= 0.3 is 53.0 Å². The van der Waals surface area contributed by atoms with Crippen molar-refractivity contribution in [3.05, 3.63) is 121 Å². The predicted octanol–water partition coefficient (Wildman–Crippen LogP) is 10.9. The van der Waals surface area contributed by atoms with Crippen molar-refractivity contribution >= 4 is 34.1 Å². The molecule has 0 unspecified atom stereocenters. The minimum Gasteiger partial charge on any atom is -0.533 e. The van der Waals surface area contributed by atoms with Crippen molar-refractivity contribution < 1.29 is 71.4 Å². The number of phenolic OH excluding ortho intramolecular Hbond substituents is 2. The van der Waals surface area contributed by atoms with Gasteiger partial charge in [-0.1, -0.05) is 55.4 Å². The molecule has 0 saturated heterocycles. The Bertz CT molecular complexity index is 989. The molecule has 0 amide bonds. The summed E-state index contributed by atoms with van der Waals surface area (Å²) in [6.45, 7) is 16.0. The number of aromatic hydroxyl groups is 2. The van der Waals surface area contributed by atoms with Crippen molar-refractivity contribution in [3.63, 3.8) is 0 Å². The fourth-order valence-corrected chi connectivity index (χ4v) is 2.00. The quantitative estimate of drug-likeness (QED) is 0.154. The third kappa shape index (κ3) is 41.5. The summed E-state index contributed by atoms with van der Waals surface area (Å²) in [4.78, 5) is 20.3. The molecular weight excluding hydrogens is 943 g/mol. The van der Waals surface area contributed by atoms with Gasteiger partial charge in [0, 0.05) is 46.2 Å². The minimum absolute atomic E-state index is 0. The van der Waals surface area contributed by atoms with Crippen LogP contribution in [-0.4, -0.2) is 21.1 Å². The number of carbonyl (C=O) groups is 2. The molecule has 0 saturated carbocycles. The maximum absolute atomic E-state index is 10.1. The van der Waals surface area contributed by atoms with Crippen LogP contribution >= 0.6 is 23.2 Å². The van der Waals surface area contributed by atoms with Crippen molar-refractivity contribution in [1.29, 1.82) is 0 Å². The molecule has 0 aliphatic rings. The molecule has 0 aromatic heterocycles. The fourth-order valence-electron chi connectivity index (χ4n) is 1.82. The normalized spacial score (nSPS) is 7.32. The van der Waals surface area contributed by atoms with Crippen LogP contribution in [0.15, 0.2) is 97.1 Å². The standard InChI is InChI=1S/2C7H4ClO2.2C6H5O.4C2H6.2W/c2*8-7(9)10-6-4-2-1-3-5-6;2*7-6-4-2-1-3-5-6;4*1-2;;/h2*2-5H;2*2-5,7H;4*1-2H3;;/q4*-1;;;;;2*+2. The summed E-state index contributed by atoms with van der Waals surface area (Å²) in [7, 11) is 0. The third-order valence-electron chi connectivity index (χ3n) is 3.17. The van der Waals surface area contributed by atoms with Gasteiger partial charge in [0.1, 0.15) is 0 Å². The number of benzene rings is 4. The first-order valence-electron chi connectivity index (χ1n) is 13.3. The second-order valence-electron chi connectivity index (χ2n) is 5.67. The van der Waals surface area contributed by atoms with Crippen LogP contribution < -0.4 is 9.47 Å². The molecule has 0 bridgehead atoms. The molecule has 0 aliphatic heterocycles. The van der Waals surface area contributed by atoms with Crippen LogP contribution in [0.5, 0.6) is 23.0 Å². The summed E-state index contributed by atoms with van der Waals surface area (Å²) >= 11 is 9.88. The molecule has 0 spiro atoms. The van der Waals surface area contributed by atoms with Crippen molar-refractivity contribution in [1.82, 2.24) is 0 Å². The summed E-state index contributed by atoms with van der Waals surface area (Å²) in [6, 6.07) is 37.0. The van der Waals surface area contributed by atoms with Gasteiger partial charge in [-0.2, -0.15) is 72.8 Å². The van der Waals surface area contributed by atoms with Crippen LogP contribution in [-0.2, 0) is 42.1 Å². The fraction of sp³-hybridized carbons (Fsp3) is 0.235. The molecule has 0 radical (unpaired) electrons. The molecule has 10 heteroatoms. The Labute approximate surface area is 303 Å². The van der Waals surface area contributed by atoms with Crippen molar-refractivity contribution in [2.45, 2.75) is 55.4 Å². The maximum Gasteiger partial charge on any atom is 2.00 e. The van der Waals surface area contributed by atoms with Crippen molar-refractivity contribution in [3.8, 4) is 23.0 Å². The van der Waals surface area contributed by atoms with Gasteiger partial charge in [0.15, 0.2) is 0 Å². The van der Waals surface area contributed by atoms with Crippen LogP contribution in [0.25, 0.3) is 0 Å². The Morgan fingerprint density at radius 2 is 0.659 bits per heavy atom. The number of hydrogen-bond acceptors (Lipinski definition) is 6. The summed E-state index contributed by atoms with van der Waals surface area (Å²) in [5.41, 5.74) is -1.66. The Morgan fingerprint density at radius 1 is 0.477 bits per heavy atom. The van der Waals surface area contributed by atoms with Gasteiger partial charge in [0.2, 0.25) is 0 Å². The summed E-state index contributed by atoms with van der Waals surface area (Å²) < 4.78 is 9.04. The molecule has 4 rings (SSSR count). The zero-order chi connectivity index (χ0) is 33.0. The monoisotopic (exact) mass is 984 g/mol. The van der Waals surface area contributed by atoms with Crippen LogP contribution in [0, 0.1) is 24.3 Å². The van der Waals surface area contributed by atoms with Gasteiger partial charge in [-0.3, -0.25) is 0 Å². The summed E-state index contributed by atoms with van der Waals surface area (Å²) in [5, 5.41) is 17.2. The molecule has 0 heterocycles. The van der Waals surface area contributed by atoms with E-state index in [1.807, 2.05) is 55.4 Å². The first kappa shape index (κ1) is 53.9. The van der Waals surface area contributed by atoms with Crippen molar-refractivity contribution in [2.75, 3.05) is 0 Å². The first-order chi connectivity index (χ1) is 20.4. The van der Waals surface area contributed by atoms with E-state index >= 15 is 0 Å². The number of hydrogen-bond donors (Lipinski definition) is 2. The molecule has 0 aliphatic carbocycles. The van der Waals surface area contributed by atoms with E-state index in [4.69, 9.17) is 33.4 Å². The van der Waals surface area contributed by atoms with Gasteiger partial charge in [0.05, 0.1) is 0 Å². The molecular formula is C34H42Cl2O6W2. The predicted molar refractivity (Wildman–Crippen MR) is 174 cm³/mol. The maximum atomic E-state index is 10.1. The smallest absolute Gasteiger partial charge is 0.533 e. The molecule has 4 aromatic rings. The average molecular weight is 985 g/mol. The molecule has 0 fully saturated rings. The van der Waals surface area contributed by atoms with Gasteiger partial charge in [-0.05, 0) is 0 Å². The van der Waals surface area contributed by atoms with Gasteiger partial charge < -0.3 is 19.7 Å². The largest absolute Gasteiger partial charge is 2.00 e. The zero-order valence-corrected chi connectivity index (χ0v) is 33.7. The SMILES string of the molecule is CC.CC.CC.CC.O=C(Cl)Oc1cc[c-]cc1.O=C(Cl)Oc1cc[c-]cc1.Oc1cc[c-]cc1.Oc1cc[c-]cc1.[W+2].[W+2]. The van der Waals surface area contributed by atoms with Gasteiger partial charge in [-0.25, -0.2) is 9.59 Å². The van der Waals surface area contributed by atoms with E-state index in [0.717, 1.165) is 0 Å². The van der Waals surface area contributed by atoms with Gasteiger partial charge in [-0.15, -0.1) is 48.5 Å². The molecule has 44 heavy (non-hydrogen) atoms. The van der Waals surface area contributed by atoms with E-state index in [2.05, 4.69) is 33.7 Å². The number of phenols is 2. The summed E-state index contributed by atoms with van der Waals surface area (Å²) in [6.07, 6.45) is 0.